The predicted molar refractivity (Wildman–Crippen MR) is 74.1 cm³/mol. The van der Waals surface area contributed by atoms with Crippen LogP contribution in [0.25, 0.3) is 0 Å². The smallest absolute Gasteiger partial charge is 0.303 e. The van der Waals surface area contributed by atoms with Crippen LogP contribution in [0.1, 0.15) is 32.3 Å². The minimum Gasteiger partial charge on any atom is -0.497 e. The van der Waals surface area contributed by atoms with Crippen LogP contribution >= 0.6 is 0 Å². The Morgan fingerprint density at radius 2 is 1.86 bits per heavy atom. The molecule has 0 aromatic heterocycles. The zero-order valence-electron chi connectivity index (χ0n) is 12.6. The Labute approximate surface area is 122 Å². The van der Waals surface area contributed by atoms with Crippen molar-refractivity contribution in [1.82, 2.24) is 0 Å². The largest absolute Gasteiger partial charge is 0.497 e. The zero-order valence-corrected chi connectivity index (χ0v) is 12.6. The molecule has 0 aliphatic rings. The van der Waals surface area contributed by atoms with Crippen molar-refractivity contribution in [2.24, 2.45) is 5.41 Å². The predicted octanol–water partition coefficient (Wildman–Crippen LogP) is 3.69. The summed E-state index contributed by atoms with van der Waals surface area (Å²) in [5, 5.41) is 8.81. The molecule has 0 saturated heterocycles. The average Bonchev–Trinajstić information content (AvgIpc) is 2.34. The molecule has 0 bridgehead atoms. The first-order chi connectivity index (χ1) is 9.61. The summed E-state index contributed by atoms with van der Waals surface area (Å²) in [5.74, 6) is -3.99. The van der Waals surface area contributed by atoms with Crippen LogP contribution in [0.5, 0.6) is 11.5 Å². The average molecular weight is 302 g/mol. The number of ether oxygens (including phenoxy) is 2. The third-order valence-corrected chi connectivity index (χ3v) is 3.13. The highest BCUT2D eigenvalue weighted by atomic mass is 19.3. The molecule has 118 valence electrons. The molecule has 6 heteroatoms. The molecule has 0 spiro atoms. The van der Waals surface area contributed by atoms with Gasteiger partial charge in [-0.25, -0.2) is 8.78 Å². The monoisotopic (exact) mass is 302 g/mol. The van der Waals surface area contributed by atoms with Crippen molar-refractivity contribution in [3.05, 3.63) is 23.8 Å². The van der Waals surface area contributed by atoms with Crippen molar-refractivity contribution < 1.29 is 28.2 Å². The van der Waals surface area contributed by atoms with E-state index < -0.39 is 23.7 Å². The standard InChI is InChI=1S/C15H20F2O4/c1-14(2,8-13(18)19)9-15(16,17)11-7-10(20-3)5-6-12(11)21-4/h5-7H,8-9H2,1-4H3,(H,18,19). The molecule has 0 fully saturated rings. The summed E-state index contributed by atoms with van der Waals surface area (Å²) in [4.78, 5) is 10.8. The Morgan fingerprint density at radius 1 is 1.24 bits per heavy atom. The van der Waals surface area contributed by atoms with Crippen LogP contribution in [0, 0.1) is 5.41 Å². The van der Waals surface area contributed by atoms with E-state index in [0.29, 0.717) is 5.75 Å². The van der Waals surface area contributed by atoms with Gasteiger partial charge in [0, 0.05) is 6.42 Å². The maximum atomic E-state index is 14.5. The fourth-order valence-corrected chi connectivity index (χ4v) is 2.27. The van der Waals surface area contributed by atoms with Crippen LogP contribution in [0.4, 0.5) is 8.78 Å². The van der Waals surface area contributed by atoms with Gasteiger partial charge in [-0.05, 0) is 23.6 Å². The number of rotatable bonds is 7. The van der Waals surface area contributed by atoms with E-state index in [4.69, 9.17) is 14.6 Å². The van der Waals surface area contributed by atoms with E-state index in [1.807, 2.05) is 0 Å². The van der Waals surface area contributed by atoms with Crippen LogP contribution in [-0.2, 0) is 10.7 Å². The molecule has 0 radical (unpaired) electrons. The van der Waals surface area contributed by atoms with Crippen LogP contribution < -0.4 is 9.47 Å². The Bertz CT molecular complexity index is 512. The highest BCUT2D eigenvalue weighted by Crippen LogP contribution is 2.45. The minimum absolute atomic E-state index is 0.0481. The summed E-state index contributed by atoms with van der Waals surface area (Å²) < 4.78 is 39.0. The zero-order chi connectivity index (χ0) is 16.3. The minimum atomic E-state index is -3.22. The van der Waals surface area contributed by atoms with Gasteiger partial charge in [0.05, 0.1) is 26.2 Å². The summed E-state index contributed by atoms with van der Waals surface area (Å²) in [5.41, 5.74) is -1.36. The number of aliphatic carboxylic acids is 1. The first-order valence-electron chi connectivity index (χ1n) is 6.43. The molecule has 1 N–H and O–H groups in total. The maximum Gasteiger partial charge on any atom is 0.303 e. The molecule has 0 aliphatic heterocycles. The Balaban J connectivity index is 3.14. The summed E-state index contributed by atoms with van der Waals surface area (Å²) in [6.45, 7) is 3.00. The highest BCUT2D eigenvalue weighted by molar-refractivity contribution is 5.67. The van der Waals surface area contributed by atoms with Crippen LogP contribution in [0.15, 0.2) is 18.2 Å². The van der Waals surface area contributed by atoms with E-state index in [9.17, 15) is 13.6 Å². The quantitative estimate of drug-likeness (QED) is 0.834. The van der Waals surface area contributed by atoms with Gasteiger partial charge in [-0.2, -0.15) is 0 Å². The second-order valence-electron chi connectivity index (χ2n) is 5.68. The van der Waals surface area contributed by atoms with E-state index >= 15 is 0 Å². The molecule has 1 rings (SSSR count). The second kappa shape index (κ2) is 6.28. The van der Waals surface area contributed by atoms with Crippen LogP contribution in [-0.4, -0.2) is 25.3 Å². The lowest BCUT2D eigenvalue weighted by molar-refractivity contribution is -0.140. The number of benzene rings is 1. The lowest BCUT2D eigenvalue weighted by Crippen LogP contribution is -2.27. The topological polar surface area (TPSA) is 55.8 Å². The SMILES string of the molecule is COc1ccc(OC)c(C(F)(F)CC(C)(C)CC(=O)O)c1. The first-order valence-corrected chi connectivity index (χ1v) is 6.43. The molecule has 0 unspecified atom stereocenters. The lowest BCUT2D eigenvalue weighted by atomic mass is 9.81. The van der Waals surface area contributed by atoms with Crippen molar-refractivity contribution in [2.75, 3.05) is 14.2 Å². The van der Waals surface area contributed by atoms with Gasteiger partial charge in [-0.15, -0.1) is 0 Å². The fourth-order valence-electron chi connectivity index (χ4n) is 2.27. The summed E-state index contributed by atoms with van der Waals surface area (Å²) in [7, 11) is 2.70. The fraction of sp³-hybridized carbons (Fsp3) is 0.533. The molecular weight excluding hydrogens is 282 g/mol. The van der Waals surface area contributed by atoms with E-state index in [-0.39, 0.29) is 17.7 Å². The van der Waals surface area contributed by atoms with Gasteiger partial charge in [0.25, 0.3) is 5.92 Å². The van der Waals surface area contributed by atoms with Crippen molar-refractivity contribution in [3.63, 3.8) is 0 Å². The second-order valence-corrected chi connectivity index (χ2v) is 5.68. The highest BCUT2D eigenvalue weighted by Gasteiger charge is 2.41. The van der Waals surface area contributed by atoms with Gasteiger partial charge < -0.3 is 14.6 Å². The summed E-state index contributed by atoms with van der Waals surface area (Å²) >= 11 is 0. The van der Waals surface area contributed by atoms with Gasteiger partial charge in [0.15, 0.2) is 0 Å². The molecular formula is C15H20F2O4. The van der Waals surface area contributed by atoms with Crippen molar-refractivity contribution >= 4 is 5.97 Å². The Hall–Kier alpha value is -1.85. The van der Waals surface area contributed by atoms with E-state index in [1.165, 1.54) is 46.3 Å². The van der Waals surface area contributed by atoms with Crippen LogP contribution in [0.3, 0.4) is 0 Å². The number of hydrogen-bond acceptors (Lipinski definition) is 3. The number of carbonyl (C=O) groups is 1. The number of alkyl halides is 2. The summed E-state index contributed by atoms with van der Waals surface area (Å²) in [6.07, 6.45) is -0.940. The van der Waals surface area contributed by atoms with Gasteiger partial charge in [-0.1, -0.05) is 13.8 Å². The molecule has 1 aromatic carbocycles. The van der Waals surface area contributed by atoms with Gasteiger partial charge in [0.2, 0.25) is 0 Å². The Morgan fingerprint density at radius 3 is 2.33 bits per heavy atom. The van der Waals surface area contributed by atoms with E-state index in [2.05, 4.69) is 0 Å². The number of carboxylic acids is 1. The van der Waals surface area contributed by atoms with Gasteiger partial charge >= 0.3 is 5.97 Å². The molecule has 4 nitrogen and oxygen atoms in total. The first kappa shape index (κ1) is 17.2. The van der Waals surface area contributed by atoms with Crippen molar-refractivity contribution in [1.29, 1.82) is 0 Å². The lowest BCUT2D eigenvalue weighted by Gasteiger charge is -2.29. The number of halogens is 2. The normalized spacial score (nSPS) is 12.1. The summed E-state index contributed by atoms with van der Waals surface area (Å²) in [6, 6.07) is 4.16. The Kier molecular flexibility index (Phi) is 5.15. The van der Waals surface area contributed by atoms with Crippen molar-refractivity contribution in [3.8, 4) is 11.5 Å². The molecule has 1 aromatic rings. The van der Waals surface area contributed by atoms with Crippen molar-refractivity contribution in [2.45, 2.75) is 32.6 Å². The molecule has 0 saturated carbocycles. The third-order valence-electron chi connectivity index (χ3n) is 3.13. The maximum absolute atomic E-state index is 14.5. The molecule has 21 heavy (non-hydrogen) atoms. The molecule has 0 heterocycles. The van der Waals surface area contributed by atoms with E-state index in [1.54, 1.807) is 0 Å². The third kappa shape index (κ3) is 4.58. The number of methoxy groups -OCH3 is 2. The molecule has 0 atom stereocenters. The number of carboxylic acid groups (broad SMARTS) is 1. The van der Waals surface area contributed by atoms with Gasteiger partial charge in [-0.3, -0.25) is 4.79 Å². The van der Waals surface area contributed by atoms with Gasteiger partial charge in [0.1, 0.15) is 11.5 Å². The molecule has 0 amide bonds. The van der Waals surface area contributed by atoms with Crippen LogP contribution in [0.2, 0.25) is 0 Å². The van der Waals surface area contributed by atoms with E-state index in [0.717, 1.165) is 0 Å². The number of hydrogen-bond donors (Lipinski definition) is 1. The molecule has 0 aliphatic carbocycles.